The summed E-state index contributed by atoms with van der Waals surface area (Å²) in [6, 6.07) is 8.20. The monoisotopic (exact) mass is 234 g/mol. The van der Waals surface area contributed by atoms with Crippen LogP contribution in [0.3, 0.4) is 0 Å². The second-order valence-corrected chi connectivity index (χ2v) is 4.27. The molecule has 4 nitrogen and oxygen atoms in total. The van der Waals surface area contributed by atoms with Gasteiger partial charge in [0.2, 0.25) is 0 Å². The SMILES string of the molecule is CSc1cccc(-n2cc(CCN)nn2)c1. The summed E-state index contributed by atoms with van der Waals surface area (Å²) in [7, 11) is 0. The number of benzene rings is 1. The van der Waals surface area contributed by atoms with Crippen LogP contribution in [0.25, 0.3) is 5.69 Å². The second-order valence-electron chi connectivity index (χ2n) is 3.39. The van der Waals surface area contributed by atoms with Crippen molar-refractivity contribution in [2.75, 3.05) is 12.8 Å². The highest BCUT2D eigenvalue weighted by Gasteiger charge is 2.02. The van der Waals surface area contributed by atoms with Crippen LogP contribution >= 0.6 is 11.8 Å². The van der Waals surface area contributed by atoms with Crippen molar-refractivity contribution in [3.05, 3.63) is 36.2 Å². The molecule has 1 heterocycles. The van der Waals surface area contributed by atoms with Gasteiger partial charge in [0.25, 0.3) is 0 Å². The summed E-state index contributed by atoms with van der Waals surface area (Å²) in [6.45, 7) is 0.601. The number of nitrogens with zero attached hydrogens (tertiary/aromatic N) is 3. The van der Waals surface area contributed by atoms with Crippen LogP contribution in [-0.4, -0.2) is 27.8 Å². The summed E-state index contributed by atoms with van der Waals surface area (Å²) in [5.74, 6) is 0. The minimum atomic E-state index is 0.601. The molecule has 1 aromatic heterocycles. The minimum absolute atomic E-state index is 0.601. The molecular weight excluding hydrogens is 220 g/mol. The molecule has 5 heteroatoms. The van der Waals surface area contributed by atoms with Gasteiger partial charge < -0.3 is 5.73 Å². The number of thioether (sulfide) groups is 1. The Kier molecular flexibility index (Phi) is 3.58. The van der Waals surface area contributed by atoms with E-state index in [0.29, 0.717) is 6.54 Å². The maximum atomic E-state index is 5.47. The average molecular weight is 234 g/mol. The van der Waals surface area contributed by atoms with Crippen LogP contribution in [0.15, 0.2) is 35.4 Å². The van der Waals surface area contributed by atoms with E-state index in [0.717, 1.165) is 17.8 Å². The van der Waals surface area contributed by atoms with Crippen molar-refractivity contribution in [2.45, 2.75) is 11.3 Å². The van der Waals surface area contributed by atoms with E-state index in [1.54, 1.807) is 16.4 Å². The van der Waals surface area contributed by atoms with Crippen LogP contribution in [0.2, 0.25) is 0 Å². The smallest absolute Gasteiger partial charge is 0.0844 e. The molecule has 0 saturated carbocycles. The molecule has 1 aromatic carbocycles. The van der Waals surface area contributed by atoms with Crippen LogP contribution in [0, 0.1) is 0 Å². The zero-order valence-corrected chi connectivity index (χ0v) is 9.94. The lowest BCUT2D eigenvalue weighted by Crippen LogP contribution is -2.02. The number of nitrogens with two attached hydrogens (primary N) is 1. The maximum Gasteiger partial charge on any atom is 0.0844 e. The summed E-state index contributed by atoms with van der Waals surface area (Å²) >= 11 is 1.71. The van der Waals surface area contributed by atoms with E-state index in [9.17, 15) is 0 Å². The van der Waals surface area contributed by atoms with Crippen LogP contribution in [0.4, 0.5) is 0 Å². The average Bonchev–Trinajstić information content (AvgIpc) is 2.78. The van der Waals surface area contributed by atoms with Gasteiger partial charge in [-0.1, -0.05) is 11.3 Å². The summed E-state index contributed by atoms with van der Waals surface area (Å²) in [4.78, 5) is 1.22. The molecule has 0 amide bonds. The molecule has 2 rings (SSSR count). The Bertz CT molecular complexity index is 467. The fraction of sp³-hybridized carbons (Fsp3) is 0.273. The molecule has 84 valence electrons. The summed E-state index contributed by atoms with van der Waals surface area (Å²) in [5.41, 5.74) is 7.43. The minimum Gasteiger partial charge on any atom is -0.330 e. The predicted octanol–water partition coefficient (Wildman–Crippen LogP) is 1.49. The van der Waals surface area contributed by atoms with Gasteiger partial charge in [-0.05, 0) is 31.0 Å². The second kappa shape index (κ2) is 5.14. The van der Waals surface area contributed by atoms with Crippen molar-refractivity contribution < 1.29 is 0 Å². The zero-order chi connectivity index (χ0) is 11.4. The van der Waals surface area contributed by atoms with Gasteiger partial charge in [0, 0.05) is 11.3 Å². The molecule has 0 aliphatic rings. The summed E-state index contributed by atoms with van der Waals surface area (Å²) in [5, 5.41) is 8.15. The third-order valence-electron chi connectivity index (χ3n) is 2.26. The molecule has 0 saturated heterocycles. The summed E-state index contributed by atoms with van der Waals surface area (Å²) < 4.78 is 1.78. The van der Waals surface area contributed by atoms with Gasteiger partial charge in [-0.15, -0.1) is 16.9 Å². The van der Waals surface area contributed by atoms with Gasteiger partial charge in [-0.2, -0.15) is 0 Å². The Morgan fingerprint density at radius 3 is 3.06 bits per heavy atom. The molecule has 0 aliphatic heterocycles. The molecule has 0 bridgehead atoms. The van der Waals surface area contributed by atoms with Crippen molar-refractivity contribution in [1.82, 2.24) is 15.0 Å². The highest BCUT2D eigenvalue weighted by molar-refractivity contribution is 7.98. The Morgan fingerprint density at radius 1 is 1.44 bits per heavy atom. The van der Waals surface area contributed by atoms with Gasteiger partial charge in [0.15, 0.2) is 0 Å². The number of hydrogen-bond acceptors (Lipinski definition) is 4. The molecule has 0 atom stereocenters. The largest absolute Gasteiger partial charge is 0.330 e. The molecule has 0 fully saturated rings. The summed E-state index contributed by atoms with van der Waals surface area (Å²) in [6.07, 6.45) is 4.74. The van der Waals surface area contributed by atoms with Crippen LogP contribution in [0.5, 0.6) is 0 Å². The fourth-order valence-electron chi connectivity index (χ4n) is 1.44. The number of hydrogen-bond donors (Lipinski definition) is 1. The van der Waals surface area contributed by atoms with Crippen molar-refractivity contribution >= 4 is 11.8 Å². The molecule has 16 heavy (non-hydrogen) atoms. The third kappa shape index (κ3) is 2.43. The van der Waals surface area contributed by atoms with Crippen LogP contribution in [0.1, 0.15) is 5.69 Å². The molecule has 0 radical (unpaired) electrons. The fourth-order valence-corrected chi connectivity index (χ4v) is 1.89. The van der Waals surface area contributed by atoms with Crippen molar-refractivity contribution in [2.24, 2.45) is 5.73 Å². The highest BCUT2D eigenvalue weighted by Crippen LogP contribution is 2.17. The molecular formula is C11H14N4S. The molecule has 0 spiro atoms. The van der Waals surface area contributed by atoms with E-state index in [1.165, 1.54) is 4.90 Å². The Hall–Kier alpha value is -1.33. The molecule has 0 aliphatic carbocycles. The number of rotatable bonds is 4. The maximum absolute atomic E-state index is 5.47. The topological polar surface area (TPSA) is 56.7 Å². The predicted molar refractivity (Wildman–Crippen MR) is 65.9 cm³/mol. The zero-order valence-electron chi connectivity index (χ0n) is 9.13. The number of aromatic nitrogens is 3. The Morgan fingerprint density at radius 2 is 2.31 bits per heavy atom. The van der Waals surface area contributed by atoms with E-state index in [2.05, 4.69) is 28.7 Å². The van der Waals surface area contributed by atoms with E-state index in [-0.39, 0.29) is 0 Å². The lowest BCUT2D eigenvalue weighted by atomic mass is 10.3. The Labute approximate surface area is 98.8 Å². The molecule has 2 aromatic rings. The molecule has 2 N–H and O–H groups in total. The van der Waals surface area contributed by atoms with Crippen LogP contribution < -0.4 is 5.73 Å². The van der Waals surface area contributed by atoms with Gasteiger partial charge in [-0.3, -0.25) is 0 Å². The van der Waals surface area contributed by atoms with Gasteiger partial charge in [0.05, 0.1) is 17.6 Å². The lowest BCUT2D eigenvalue weighted by molar-refractivity contribution is 0.793. The lowest BCUT2D eigenvalue weighted by Gasteiger charge is -2.01. The molecule has 0 unspecified atom stereocenters. The van der Waals surface area contributed by atoms with Crippen LogP contribution in [-0.2, 0) is 6.42 Å². The highest BCUT2D eigenvalue weighted by atomic mass is 32.2. The normalized spacial score (nSPS) is 10.6. The standard InChI is InChI=1S/C11H14N4S/c1-16-11-4-2-3-10(7-11)15-8-9(5-6-12)13-14-15/h2-4,7-8H,5-6,12H2,1H3. The quantitative estimate of drug-likeness (QED) is 0.814. The third-order valence-corrected chi connectivity index (χ3v) is 2.98. The van der Waals surface area contributed by atoms with E-state index >= 15 is 0 Å². The first kappa shape index (κ1) is 11.2. The van der Waals surface area contributed by atoms with Crippen molar-refractivity contribution in [3.63, 3.8) is 0 Å². The van der Waals surface area contributed by atoms with E-state index < -0.39 is 0 Å². The van der Waals surface area contributed by atoms with Crippen molar-refractivity contribution in [3.8, 4) is 5.69 Å². The van der Waals surface area contributed by atoms with Crippen molar-refractivity contribution in [1.29, 1.82) is 0 Å². The van der Waals surface area contributed by atoms with Gasteiger partial charge in [0.1, 0.15) is 0 Å². The first-order valence-electron chi connectivity index (χ1n) is 5.09. The first-order valence-corrected chi connectivity index (χ1v) is 6.31. The Balaban J connectivity index is 2.27. The van der Waals surface area contributed by atoms with E-state index in [1.807, 2.05) is 18.3 Å². The van der Waals surface area contributed by atoms with Gasteiger partial charge in [-0.25, -0.2) is 4.68 Å². The first-order chi connectivity index (χ1) is 7.83. The van der Waals surface area contributed by atoms with Gasteiger partial charge >= 0.3 is 0 Å². The van der Waals surface area contributed by atoms with E-state index in [4.69, 9.17) is 5.73 Å².